The second kappa shape index (κ2) is 16.2. The highest BCUT2D eigenvalue weighted by Crippen LogP contribution is 2.48. The van der Waals surface area contributed by atoms with Crippen molar-refractivity contribution in [3.05, 3.63) is 243 Å². The molecule has 0 fully saturated rings. The van der Waals surface area contributed by atoms with Gasteiger partial charge < -0.3 is 0 Å². The highest BCUT2D eigenvalue weighted by Gasteiger charge is 2.26. The molecule has 2 heteroatoms. The zero-order valence-electron chi connectivity index (χ0n) is 32.0. The zero-order valence-corrected chi connectivity index (χ0v) is 33.8. The average Bonchev–Trinajstić information content (AvgIpc) is 3.30. The second-order valence-electron chi connectivity index (χ2n) is 14.5. The van der Waals surface area contributed by atoms with Crippen molar-refractivity contribution in [2.24, 2.45) is 0 Å². The lowest BCUT2D eigenvalue weighted by Crippen LogP contribution is -2.22. The summed E-state index contributed by atoms with van der Waals surface area (Å²) in [5.41, 5.74) is 7.57. The van der Waals surface area contributed by atoms with Crippen molar-refractivity contribution in [3.63, 3.8) is 0 Å². The molecule has 58 heavy (non-hydrogen) atoms. The summed E-state index contributed by atoms with van der Waals surface area (Å²) in [5, 5.41) is 13.0. The van der Waals surface area contributed by atoms with Crippen molar-refractivity contribution in [1.82, 2.24) is 0 Å². The van der Waals surface area contributed by atoms with Crippen LogP contribution in [-0.2, 0) is 0 Å². The molecular weight excluding hydrogens is 735 g/mol. The standard InChI is InChI=1S/C56H40P2/c1-5-23-43(24-6-1)57(44-25-7-2-8-26-44)53-35-19-17-33-49(53)51-39-37-41-21-13-15-31-47(41)55(51)56-48-32-16-14-22-42(48)38-40-52(56)50-34-18-20-36-54(50)58(45-27-9-3-10-28-45)46-29-11-4-12-30-46/h1-40H. The predicted octanol–water partition coefficient (Wildman–Crippen LogP) is 12.5. The molecule has 10 aromatic carbocycles. The van der Waals surface area contributed by atoms with E-state index in [9.17, 15) is 0 Å². The molecule has 10 aromatic rings. The lowest BCUT2D eigenvalue weighted by Gasteiger charge is -2.26. The third-order valence-corrected chi connectivity index (χ3v) is 16.0. The molecule has 0 unspecified atom stereocenters. The molecule has 0 nitrogen and oxygen atoms in total. The molecule has 0 atom stereocenters. The van der Waals surface area contributed by atoms with Gasteiger partial charge in [0.1, 0.15) is 0 Å². The molecule has 0 N–H and O–H groups in total. The maximum atomic E-state index is 2.39. The van der Waals surface area contributed by atoms with E-state index < -0.39 is 15.8 Å². The molecule has 0 aliphatic carbocycles. The Balaban J connectivity index is 1.29. The van der Waals surface area contributed by atoms with Gasteiger partial charge in [-0.05, 0) is 103 Å². The van der Waals surface area contributed by atoms with E-state index in [4.69, 9.17) is 0 Å². The fraction of sp³-hybridized carbons (Fsp3) is 0. The van der Waals surface area contributed by atoms with E-state index in [1.807, 2.05) is 0 Å². The maximum Gasteiger partial charge on any atom is -0.00141 e. The monoisotopic (exact) mass is 774 g/mol. The van der Waals surface area contributed by atoms with Crippen molar-refractivity contribution in [2.75, 3.05) is 0 Å². The first-order valence-electron chi connectivity index (χ1n) is 19.9. The van der Waals surface area contributed by atoms with E-state index in [-0.39, 0.29) is 0 Å². The number of fused-ring (bicyclic) bond motifs is 2. The van der Waals surface area contributed by atoms with Crippen LogP contribution in [0.1, 0.15) is 0 Å². The van der Waals surface area contributed by atoms with Gasteiger partial charge in [0, 0.05) is 0 Å². The molecule has 10 rings (SSSR count). The summed E-state index contributed by atoms with van der Waals surface area (Å²) < 4.78 is 0. The highest BCUT2D eigenvalue weighted by molar-refractivity contribution is 7.80. The van der Waals surface area contributed by atoms with Crippen LogP contribution in [0.15, 0.2) is 243 Å². The van der Waals surface area contributed by atoms with Gasteiger partial charge in [-0.1, -0.05) is 243 Å². The first-order valence-corrected chi connectivity index (χ1v) is 22.5. The van der Waals surface area contributed by atoms with E-state index in [0.29, 0.717) is 0 Å². The Labute approximate surface area is 343 Å². The minimum atomic E-state index is -0.864. The van der Waals surface area contributed by atoms with Gasteiger partial charge in [-0.3, -0.25) is 0 Å². The molecular formula is C56H40P2. The molecule has 0 radical (unpaired) electrons. The molecule has 0 saturated heterocycles. The third kappa shape index (κ3) is 6.76. The van der Waals surface area contributed by atoms with Gasteiger partial charge in [0.15, 0.2) is 0 Å². The smallest absolute Gasteiger partial charge is 0.00141 e. The Kier molecular flexibility index (Phi) is 10.0. The normalized spacial score (nSPS) is 11.4. The van der Waals surface area contributed by atoms with Gasteiger partial charge in [-0.2, -0.15) is 0 Å². The Morgan fingerprint density at radius 3 is 0.862 bits per heavy atom. The van der Waals surface area contributed by atoms with Gasteiger partial charge in [-0.25, -0.2) is 0 Å². The summed E-state index contributed by atoms with van der Waals surface area (Å²) in [6.07, 6.45) is 0. The minimum absolute atomic E-state index is 0.864. The Morgan fingerprint density at radius 1 is 0.207 bits per heavy atom. The lowest BCUT2D eigenvalue weighted by atomic mass is 9.83. The van der Waals surface area contributed by atoms with Gasteiger partial charge in [0.25, 0.3) is 0 Å². The summed E-state index contributed by atoms with van der Waals surface area (Å²) in [6, 6.07) is 89.9. The Morgan fingerprint density at radius 2 is 0.500 bits per heavy atom. The predicted molar refractivity (Wildman–Crippen MR) is 255 cm³/mol. The van der Waals surface area contributed by atoms with Crippen molar-refractivity contribution in [1.29, 1.82) is 0 Å². The first kappa shape index (κ1) is 36.0. The fourth-order valence-corrected chi connectivity index (χ4v) is 13.4. The first-order chi connectivity index (χ1) is 28.8. The molecule has 0 bridgehead atoms. The van der Waals surface area contributed by atoms with E-state index >= 15 is 0 Å². The van der Waals surface area contributed by atoms with Crippen LogP contribution in [0.4, 0.5) is 0 Å². The largest absolute Gasteiger partial charge is 0.0622 e. The van der Waals surface area contributed by atoms with Crippen LogP contribution >= 0.6 is 15.8 Å². The van der Waals surface area contributed by atoms with Crippen LogP contribution in [0.5, 0.6) is 0 Å². The average molecular weight is 775 g/mol. The molecule has 0 saturated carbocycles. The van der Waals surface area contributed by atoms with Crippen molar-refractivity contribution >= 4 is 69.2 Å². The lowest BCUT2D eigenvalue weighted by molar-refractivity contribution is 1.62. The van der Waals surface area contributed by atoms with Gasteiger partial charge in [0.05, 0.1) is 0 Å². The maximum absolute atomic E-state index is 2.39. The number of hydrogen-bond donors (Lipinski definition) is 0. The summed E-state index contributed by atoms with van der Waals surface area (Å²) >= 11 is 0. The number of rotatable bonds is 9. The molecule has 274 valence electrons. The molecule has 0 aromatic heterocycles. The van der Waals surface area contributed by atoms with Crippen LogP contribution in [0.25, 0.3) is 54.9 Å². The van der Waals surface area contributed by atoms with E-state index in [1.54, 1.807) is 0 Å². The van der Waals surface area contributed by atoms with Crippen molar-refractivity contribution in [3.8, 4) is 33.4 Å². The number of hydrogen-bond acceptors (Lipinski definition) is 0. The van der Waals surface area contributed by atoms with Crippen LogP contribution in [0.2, 0.25) is 0 Å². The molecule has 0 aliphatic rings. The van der Waals surface area contributed by atoms with Crippen LogP contribution in [0.3, 0.4) is 0 Å². The topological polar surface area (TPSA) is 0 Å². The van der Waals surface area contributed by atoms with Crippen molar-refractivity contribution in [2.45, 2.75) is 0 Å². The fourth-order valence-electron chi connectivity index (χ4n) is 8.49. The second-order valence-corrected chi connectivity index (χ2v) is 18.8. The van der Waals surface area contributed by atoms with E-state index in [1.165, 1.54) is 86.8 Å². The van der Waals surface area contributed by atoms with Gasteiger partial charge >= 0.3 is 0 Å². The molecule has 0 heterocycles. The number of benzene rings is 10. The highest BCUT2D eigenvalue weighted by atomic mass is 31.1. The van der Waals surface area contributed by atoms with E-state index in [2.05, 4.69) is 243 Å². The summed E-state index contributed by atoms with van der Waals surface area (Å²) in [6.45, 7) is 0. The summed E-state index contributed by atoms with van der Waals surface area (Å²) in [4.78, 5) is 0. The molecule has 0 aliphatic heterocycles. The molecule has 0 spiro atoms. The molecule has 0 amide bonds. The summed E-state index contributed by atoms with van der Waals surface area (Å²) in [5.74, 6) is 0. The zero-order chi connectivity index (χ0) is 38.7. The minimum Gasteiger partial charge on any atom is -0.0622 e. The quantitative estimate of drug-likeness (QED) is 0.128. The van der Waals surface area contributed by atoms with E-state index in [0.717, 1.165) is 0 Å². The van der Waals surface area contributed by atoms with Gasteiger partial charge in [0.2, 0.25) is 0 Å². The van der Waals surface area contributed by atoms with Crippen LogP contribution in [-0.4, -0.2) is 0 Å². The Bertz CT molecular complexity index is 2710. The van der Waals surface area contributed by atoms with Crippen molar-refractivity contribution < 1.29 is 0 Å². The third-order valence-electron chi connectivity index (χ3n) is 11.0. The summed E-state index contributed by atoms with van der Waals surface area (Å²) in [7, 11) is -1.73. The van der Waals surface area contributed by atoms with Crippen LogP contribution in [0, 0.1) is 0 Å². The van der Waals surface area contributed by atoms with Crippen LogP contribution < -0.4 is 31.8 Å². The van der Waals surface area contributed by atoms with Gasteiger partial charge in [-0.15, -0.1) is 0 Å². The SMILES string of the molecule is c1ccc(P(c2ccccc2)c2ccccc2-c2ccc3ccccc3c2-c2c(-c3ccccc3P(c3ccccc3)c3ccccc3)ccc3ccccc23)cc1. The Hall–Kier alpha value is -6.42.